The molecule has 5 nitrogen and oxygen atoms in total. The highest BCUT2D eigenvalue weighted by Gasteiger charge is 2.15. The molecule has 22 heavy (non-hydrogen) atoms. The maximum Gasteiger partial charge on any atom is 0.339 e. The molecule has 0 saturated carbocycles. The first-order valence-corrected chi connectivity index (χ1v) is 8.10. The molecule has 1 rings (SSSR count). The van der Waals surface area contributed by atoms with E-state index < -0.39 is 5.97 Å². The highest BCUT2D eigenvalue weighted by atomic mass is 35.5. The summed E-state index contributed by atoms with van der Waals surface area (Å²) in [6.45, 7) is 7.35. The summed E-state index contributed by atoms with van der Waals surface area (Å²) in [5.41, 5.74) is 0.659. The van der Waals surface area contributed by atoms with Crippen LogP contribution in [0.3, 0.4) is 0 Å². The molecule has 0 radical (unpaired) electrons. The van der Waals surface area contributed by atoms with Gasteiger partial charge >= 0.3 is 11.2 Å². The van der Waals surface area contributed by atoms with Gasteiger partial charge < -0.3 is 14.2 Å². The summed E-state index contributed by atoms with van der Waals surface area (Å²) in [7, 11) is 0. The molecular formula is C15H20ClNO4S. The lowest BCUT2D eigenvalue weighted by molar-refractivity contribution is 0.0378. The van der Waals surface area contributed by atoms with Gasteiger partial charge in [0.1, 0.15) is 0 Å². The van der Waals surface area contributed by atoms with Crippen LogP contribution in [0, 0.1) is 0 Å². The van der Waals surface area contributed by atoms with Gasteiger partial charge in [-0.05, 0) is 45.4 Å². The molecule has 0 heterocycles. The van der Waals surface area contributed by atoms with Gasteiger partial charge in [-0.3, -0.25) is 4.79 Å². The van der Waals surface area contributed by atoms with Crippen molar-refractivity contribution in [3.63, 3.8) is 0 Å². The van der Waals surface area contributed by atoms with Crippen molar-refractivity contribution in [2.24, 2.45) is 0 Å². The van der Waals surface area contributed by atoms with Gasteiger partial charge in [0, 0.05) is 5.69 Å². The molecule has 1 aromatic rings. The fourth-order valence-electron chi connectivity index (χ4n) is 1.37. The lowest BCUT2D eigenvalue weighted by atomic mass is 10.2. The Morgan fingerprint density at radius 2 is 2.00 bits per heavy atom. The standard InChI is InChI=1S/C15H20ClNO4S/c1-5-10(4)21-22-15(19)17-11-6-7-13(16)12(8-11)14(18)20-9(2)3/h6-10H,5H2,1-4H3,(H,17,19)/t10-/m1/s1. The van der Waals surface area contributed by atoms with Crippen LogP contribution in [0.4, 0.5) is 10.5 Å². The number of amides is 1. The Balaban J connectivity index is 2.72. The van der Waals surface area contributed by atoms with Gasteiger partial charge in [0.15, 0.2) is 0 Å². The molecule has 0 saturated heterocycles. The highest BCUT2D eigenvalue weighted by Crippen LogP contribution is 2.23. The normalized spacial score (nSPS) is 12.1. The molecular weight excluding hydrogens is 326 g/mol. The lowest BCUT2D eigenvalue weighted by Gasteiger charge is -2.12. The van der Waals surface area contributed by atoms with Gasteiger partial charge in [0.2, 0.25) is 0 Å². The van der Waals surface area contributed by atoms with E-state index in [9.17, 15) is 9.59 Å². The molecule has 0 aromatic heterocycles. The predicted molar refractivity (Wildman–Crippen MR) is 89.5 cm³/mol. The molecule has 0 spiro atoms. The Hall–Kier alpha value is -1.24. The van der Waals surface area contributed by atoms with E-state index in [1.54, 1.807) is 19.9 Å². The van der Waals surface area contributed by atoms with Crippen LogP contribution in [0.5, 0.6) is 0 Å². The predicted octanol–water partition coefficient (Wildman–Crippen LogP) is 4.90. The van der Waals surface area contributed by atoms with E-state index in [1.807, 2.05) is 13.8 Å². The van der Waals surface area contributed by atoms with E-state index in [2.05, 4.69) is 5.32 Å². The number of hydrogen-bond acceptors (Lipinski definition) is 5. The van der Waals surface area contributed by atoms with Crippen LogP contribution in [0.25, 0.3) is 0 Å². The van der Waals surface area contributed by atoms with Crippen molar-refractivity contribution in [3.8, 4) is 0 Å². The van der Waals surface area contributed by atoms with Crippen LogP contribution in [0.15, 0.2) is 18.2 Å². The second kappa shape index (κ2) is 9.02. The minimum Gasteiger partial charge on any atom is -0.459 e. The summed E-state index contributed by atoms with van der Waals surface area (Å²) in [4.78, 5) is 23.7. The number of anilines is 1. The molecule has 7 heteroatoms. The molecule has 0 aliphatic heterocycles. The maximum atomic E-state index is 11.9. The topological polar surface area (TPSA) is 64.6 Å². The number of carbonyl (C=O) groups excluding carboxylic acids is 2. The Bertz CT molecular complexity index is 536. The second-order valence-corrected chi connectivity index (χ2v) is 6.10. The van der Waals surface area contributed by atoms with E-state index in [0.29, 0.717) is 5.69 Å². The fraction of sp³-hybridized carbons (Fsp3) is 0.467. The first-order valence-electron chi connectivity index (χ1n) is 6.98. The molecule has 122 valence electrons. The van der Waals surface area contributed by atoms with Gasteiger partial charge in [0.25, 0.3) is 0 Å². The third-order valence-corrected chi connectivity index (χ3v) is 3.65. The van der Waals surface area contributed by atoms with Gasteiger partial charge in [-0.25, -0.2) is 4.79 Å². The van der Waals surface area contributed by atoms with E-state index >= 15 is 0 Å². The molecule has 0 aliphatic carbocycles. The zero-order valence-electron chi connectivity index (χ0n) is 13.0. The smallest absolute Gasteiger partial charge is 0.339 e. The van der Waals surface area contributed by atoms with Crippen molar-refractivity contribution in [1.29, 1.82) is 0 Å². The molecule has 1 N–H and O–H groups in total. The van der Waals surface area contributed by atoms with Crippen molar-refractivity contribution >= 4 is 40.5 Å². The van der Waals surface area contributed by atoms with Crippen molar-refractivity contribution in [3.05, 3.63) is 28.8 Å². The Morgan fingerprint density at radius 1 is 1.32 bits per heavy atom. The molecule has 0 aliphatic rings. The van der Waals surface area contributed by atoms with Crippen LogP contribution in [0.1, 0.15) is 44.5 Å². The Morgan fingerprint density at radius 3 is 2.59 bits per heavy atom. The first kappa shape index (κ1) is 18.8. The number of esters is 1. The number of ether oxygens (including phenoxy) is 1. The fourth-order valence-corrected chi connectivity index (χ4v) is 2.11. The Labute approximate surface area is 139 Å². The molecule has 0 bridgehead atoms. The van der Waals surface area contributed by atoms with Crippen LogP contribution in [-0.2, 0) is 8.92 Å². The summed E-state index contributed by atoms with van der Waals surface area (Å²) < 4.78 is 10.4. The monoisotopic (exact) mass is 345 g/mol. The van der Waals surface area contributed by atoms with Crippen molar-refractivity contribution in [2.45, 2.75) is 46.3 Å². The van der Waals surface area contributed by atoms with Crippen molar-refractivity contribution in [2.75, 3.05) is 5.32 Å². The van der Waals surface area contributed by atoms with Crippen LogP contribution >= 0.6 is 23.6 Å². The van der Waals surface area contributed by atoms with E-state index in [-0.39, 0.29) is 28.0 Å². The number of benzene rings is 1. The SMILES string of the molecule is CC[C@@H](C)OSC(=O)Nc1ccc(Cl)c(C(=O)OC(C)C)c1. The number of nitrogens with one attached hydrogen (secondary N) is 1. The van der Waals surface area contributed by atoms with Gasteiger partial charge in [0.05, 0.1) is 34.8 Å². The lowest BCUT2D eigenvalue weighted by Crippen LogP contribution is -2.13. The molecule has 0 unspecified atom stereocenters. The van der Waals surface area contributed by atoms with Gasteiger partial charge in [-0.2, -0.15) is 0 Å². The van der Waals surface area contributed by atoms with Crippen LogP contribution < -0.4 is 5.32 Å². The summed E-state index contributed by atoms with van der Waals surface area (Å²) in [6, 6.07) is 4.62. The first-order chi connectivity index (χ1) is 10.3. The highest BCUT2D eigenvalue weighted by molar-refractivity contribution is 8.09. The largest absolute Gasteiger partial charge is 0.459 e. The van der Waals surface area contributed by atoms with E-state index in [4.69, 9.17) is 20.5 Å². The van der Waals surface area contributed by atoms with E-state index in [0.717, 1.165) is 18.5 Å². The summed E-state index contributed by atoms with van der Waals surface area (Å²) in [5, 5.41) is 2.53. The minimum atomic E-state index is -0.528. The zero-order valence-corrected chi connectivity index (χ0v) is 14.6. The maximum absolute atomic E-state index is 11.9. The van der Waals surface area contributed by atoms with Crippen molar-refractivity contribution < 1.29 is 18.5 Å². The number of halogens is 1. The van der Waals surface area contributed by atoms with Crippen LogP contribution in [-0.4, -0.2) is 23.4 Å². The third-order valence-electron chi connectivity index (χ3n) is 2.64. The Kier molecular flexibility index (Phi) is 7.72. The van der Waals surface area contributed by atoms with Crippen LogP contribution in [0.2, 0.25) is 5.02 Å². The molecule has 1 aromatic carbocycles. The molecule has 0 fully saturated rings. The van der Waals surface area contributed by atoms with E-state index in [1.165, 1.54) is 12.1 Å². The number of carbonyl (C=O) groups is 2. The average Bonchev–Trinajstić information content (AvgIpc) is 2.45. The summed E-state index contributed by atoms with van der Waals surface area (Å²) in [5.74, 6) is -0.528. The van der Waals surface area contributed by atoms with Gasteiger partial charge in [-0.15, -0.1) is 0 Å². The number of hydrogen-bond donors (Lipinski definition) is 1. The summed E-state index contributed by atoms with van der Waals surface area (Å²) in [6.07, 6.45) is 0.547. The molecule has 1 atom stereocenters. The molecule has 1 amide bonds. The van der Waals surface area contributed by atoms with Gasteiger partial charge in [-0.1, -0.05) is 18.5 Å². The zero-order chi connectivity index (χ0) is 16.7. The summed E-state index contributed by atoms with van der Waals surface area (Å²) >= 11 is 6.72. The quantitative estimate of drug-likeness (QED) is 0.586. The average molecular weight is 346 g/mol. The number of rotatable bonds is 6. The van der Waals surface area contributed by atoms with Crippen molar-refractivity contribution in [1.82, 2.24) is 0 Å². The second-order valence-electron chi connectivity index (χ2n) is 4.96. The third kappa shape index (κ3) is 6.25. The minimum absolute atomic E-state index is 0.0162.